The van der Waals surface area contributed by atoms with E-state index in [1.807, 2.05) is 6.08 Å². The highest BCUT2D eigenvalue weighted by atomic mass is 32.1. The summed E-state index contributed by atoms with van der Waals surface area (Å²) in [4.78, 5) is 2.57. The predicted molar refractivity (Wildman–Crippen MR) is 86.6 cm³/mol. The largest absolute Gasteiger partial charge is 0.377 e. The van der Waals surface area contributed by atoms with E-state index in [0.29, 0.717) is 12.7 Å². The van der Waals surface area contributed by atoms with Gasteiger partial charge in [0.2, 0.25) is 0 Å². The van der Waals surface area contributed by atoms with Crippen molar-refractivity contribution in [2.75, 3.05) is 32.9 Å². The molecule has 3 nitrogen and oxygen atoms in total. The Hall–Kier alpha value is -0.680. The summed E-state index contributed by atoms with van der Waals surface area (Å²) < 4.78 is 11.9. The molecule has 0 amide bonds. The van der Waals surface area contributed by atoms with Crippen molar-refractivity contribution >= 4 is 11.3 Å². The van der Waals surface area contributed by atoms with Crippen LogP contribution in [-0.2, 0) is 16.0 Å². The first-order valence-electron chi connectivity index (χ1n) is 7.86. The molecule has 2 aliphatic heterocycles. The zero-order valence-electron chi connectivity index (χ0n) is 12.6. The van der Waals surface area contributed by atoms with E-state index in [0.717, 1.165) is 45.7 Å². The Kier molecular flexibility index (Phi) is 5.11. The van der Waals surface area contributed by atoms with Crippen LogP contribution in [0, 0.1) is 5.41 Å². The minimum Gasteiger partial charge on any atom is -0.377 e. The van der Waals surface area contributed by atoms with Crippen molar-refractivity contribution in [1.29, 1.82) is 0 Å². The molecule has 0 aromatic carbocycles. The number of hydrogen-bond acceptors (Lipinski definition) is 4. The second-order valence-electron chi connectivity index (χ2n) is 6.26. The van der Waals surface area contributed by atoms with Gasteiger partial charge >= 0.3 is 0 Å². The van der Waals surface area contributed by atoms with Crippen LogP contribution in [0.15, 0.2) is 29.5 Å². The van der Waals surface area contributed by atoms with E-state index < -0.39 is 0 Å². The first kappa shape index (κ1) is 15.2. The molecule has 0 bridgehead atoms. The summed E-state index contributed by atoms with van der Waals surface area (Å²) in [6.45, 7) is 9.36. The maximum Gasteiger partial charge on any atom is 0.0677 e. The van der Waals surface area contributed by atoms with Crippen molar-refractivity contribution in [3.8, 4) is 0 Å². The molecule has 0 aliphatic carbocycles. The molecule has 2 fully saturated rings. The third-order valence-corrected chi connectivity index (χ3v) is 5.41. The van der Waals surface area contributed by atoms with Crippen molar-refractivity contribution in [2.45, 2.75) is 31.9 Å². The van der Waals surface area contributed by atoms with Gasteiger partial charge in [-0.2, -0.15) is 11.3 Å². The van der Waals surface area contributed by atoms with Gasteiger partial charge in [-0.15, -0.1) is 6.58 Å². The molecule has 2 aliphatic rings. The molecule has 0 saturated carbocycles. The average Bonchev–Trinajstić information content (AvgIpc) is 3.00. The van der Waals surface area contributed by atoms with Crippen LogP contribution in [0.3, 0.4) is 0 Å². The number of rotatable bonds is 6. The average molecular weight is 307 g/mol. The summed E-state index contributed by atoms with van der Waals surface area (Å²) in [5, 5.41) is 4.42. The molecule has 2 atom stereocenters. The molecular weight excluding hydrogens is 282 g/mol. The summed E-state index contributed by atoms with van der Waals surface area (Å²) in [5.74, 6) is 0. The van der Waals surface area contributed by atoms with Crippen molar-refractivity contribution < 1.29 is 9.47 Å². The minimum atomic E-state index is 0.176. The zero-order chi connectivity index (χ0) is 14.5. The number of nitrogens with zero attached hydrogens (tertiary/aromatic N) is 1. The Morgan fingerprint density at radius 2 is 2.52 bits per heavy atom. The summed E-state index contributed by atoms with van der Waals surface area (Å²) in [6.07, 6.45) is 5.70. The van der Waals surface area contributed by atoms with Crippen LogP contribution < -0.4 is 0 Å². The fraction of sp³-hybridized carbons (Fsp3) is 0.647. The highest BCUT2D eigenvalue weighted by Gasteiger charge is 2.46. The van der Waals surface area contributed by atoms with Crippen molar-refractivity contribution in [2.24, 2.45) is 5.41 Å². The molecule has 2 saturated heterocycles. The van der Waals surface area contributed by atoms with E-state index in [1.54, 1.807) is 11.3 Å². The Balaban J connectivity index is 1.66. The van der Waals surface area contributed by atoms with E-state index in [-0.39, 0.29) is 5.41 Å². The summed E-state index contributed by atoms with van der Waals surface area (Å²) in [7, 11) is 0. The lowest BCUT2D eigenvalue weighted by Gasteiger charge is -2.50. The Bertz CT molecular complexity index is 448. The van der Waals surface area contributed by atoms with E-state index in [1.165, 1.54) is 12.0 Å². The number of thiophene rings is 1. The topological polar surface area (TPSA) is 21.7 Å². The fourth-order valence-electron chi connectivity index (χ4n) is 3.71. The van der Waals surface area contributed by atoms with Gasteiger partial charge in [-0.25, -0.2) is 0 Å². The molecule has 0 spiro atoms. The second kappa shape index (κ2) is 7.05. The quantitative estimate of drug-likeness (QED) is 0.594. The van der Waals surface area contributed by atoms with E-state index in [2.05, 4.69) is 28.3 Å². The highest BCUT2D eigenvalue weighted by Crippen LogP contribution is 2.40. The number of likely N-dealkylation sites (tertiary alicyclic amines) is 1. The molecule has 116 valence electrons. The van der Waals surface area contributed by atoms with Crippen LogP contribution in [-0.4, -0.2) is 43.9 Å². The van der Waals surface area contributed by atoms with Gasteiger partial charge in [0.25, 0.3) is 0 Å². The highest BCUT2D eigenvalue weighted by molar-refractivity contribution is 7.07. The lowest BCUT2D eigenvalue weighted by Crippen LogP contribution is -2.56. The Morgan fingerprint density at radius 1 is 1.57 bits per heavy atom. The van der Waals surface area contributed by atoms with Crippen LogP contribution in [0.1, 0.15) is 24.8 Å². The normalized spacial score (nSPS) is 30.0. The number of fused-ring (bicyclic) bond motifs is 1. The van der Waals surface area contributed by atoms with Gasteiger partial charge in [0.05, 0.1) is 19.3 Å². The SMILES string of the molecule is C=CCOCC12CCCOC1CCN(Cc1ccsc1)C2. The zero-order valence-corrected chi connectivity index (χ0v) is 13.4. The van der Waals surface area contributed by atoms with Crippen LogP contribution in [0.5, 0.6) is 0 Å². The van der Waals surface area contributed by atoms with Crippen molar-refractivity contribution in [3.05, 3.63) is 35.0 Å². The smallest absolute Gasteiger partial charge is 0.0677 e. The van der Waals surface area contributed by atoms with Gasteiger partial charge in [-0.3, -0.25) is 4.90 Å². The molecule has 3 rings (SSSR count). The lowest BCUT2D eigenvalue weighted by atomic mass is 9.73. The first-order chi connectivity index (χ1) is 10.3. The van der Waals surface area contributed by atoms with Crippen LogP contribution in [0.25, 0.3) is 0 Å². The van der Waals surface area contributed by atoms with Crippen LogP contribution in [0.2, 0.25) is 0 Å². The number of ether oxygens (including phenoxy) is 2. The third kappa shape index (κ3) is 3.57. The Labute approximate surface area is 131 Å². The van der Waals surface area contributed by atoms with Gasteiger partial charge in [-0.1, -0.05) is 6.08 Å². The standard InChI is InChI=1S/C17H25NO2S/c1-2-8-19-14-17-6-3-9-20-16(17)4-7-18(13-17)11-15-5-10-21-12-15/h2,5,10,12,16H,1,3-4,6-9,11,13-14H2. The minimum absolute atomic E-state index is 0.176. The molecule has 0 N–H and O–H groups in total. The third-order valence-electron chi connectivity index (χ3n) is 4.68. The summed E-state index contributed by atoms with van der Waals surface area (Å²) >= 11 is 1.78. The summed E-state index contributed by atoms with van der Waals surface area (Å²) in [5.41, 5.74) is 1.60. The molecule has 0 radical (unpaired) electrons. The molecule has 1 aromatic heterocycles. The number of piperidine rings is 1. The maximum absolute atomic E-state index is 6.07. The molecule has 2 unspecified atom stereocenters. The van der Waals surface area contributed by atoms with Crippen LogP contribution >= 0.6 is 11.3 Å². The molecule has 3 heterocycles. The van der Waals surface area contributed by atoms with Gasteiger partial charge in [0.1, 0.15) is 0 Å². The lowest BCUT2D eigenvalue weighted by molar-refractivity contribution is -0.152. The van der Waals surface area contributed by atoms with Gasteiger partial charge in [-0.05, 0) is 41.7 Å². The van der Waals surface area contributed by atoms with Crippen LogP contribution in [0.4, 0.5) is 0 Å². The molecule has 1 aromatic rings. The monoisotopic (exact) mass is 307 g/mol. The maximum atomic E-state index is 6.07. The van der Waals surface area contributed by atoms with Gasteiger partial charge in [0, 0.05) is 31.7 Å². The van der Waals surface area contributed by atoms with Crippen molar-refractivity contribution in [1.82, 2.24) is 4.90 Å². The predicted octanol–water partition coefficient (Wildman–Crippen LogP) is 3.32. The van der Waals surface area contributed by atoms with Crippen molar-refractivity contribution in [3.63, 3.8) is 0 Å². The van der Waals surface area contributed by atoms with E-state index >= 15 is 0 Å². The number of hydrogen-bond donors (Lipinski definition) is 0. The van der Waals surface area contributed by atoms with Gasteiger partial charge < -0.3 is 9.47 Å². The first-order valence-corrected chi connectivity index (χ1v) is 8.80. The molecule has 4 heteroatoms. The van der Waals surface area contributed by atoms with E-state index in [9.17, 15) is 0 Å². The molecular formula is C17H25NO2S. The van der Waals surface area contributed by atoms with E-state index in [4.69, 9.17) is 9.47 Å². The second-order valence-corrected chi connectivity index (χ2v) is 7.04. The summed E-state index contributed by atoms with van der Waals surface area (Å²) in [6, 6.07) is 2.23. The fourth-order valence-corrected chi connectivity index (χ4v) is 4.37. The van der Waals surface area contributed by atoms with Gasteiger partial charge in [0.15, 0.2) is 0 Å². The Morgan fingerprint density at radius 3 is 3.33 bits per heavy atom. The molecule has 21 heavy (non-hydrogen) atoms.